The van der Waals surface area contributed by atoms with Gasteiger partial charge in [0.05, 0.1) is 12.5 Å². The van der Waals surface area contributed by atoms with Gasteiger partial charge in [-0.2, -0.15) is 5.10 Å². The van der Waals surface area contributed by atoms with Crippen LogP contribution in [-0.4, -0.2) is 43.6 Å². The van der Waals surface area contributed by atoms with E-state index in [1.807, 2.05) is 21.9 Å². The second kappa shape index (κ2) is 6.11. The van der Waals surface area contributed by atoms with Crippen molar-refractivity contribution < 1.29 is 4.79 Å². The van der Waals surface area contributed by atoms with E-state index in [1.165, 1.54) is 17.7 Å². The van der Waals surface area contributed by atoms with Crippen LogP contribution < -0.4 is 0 Å². The van der Waals surface area contributed by atoms with Crippen molar-refractivity contribution in [3.63, 3.8) is 0 Å². The number of carbonyl (C=O) groups excluding carboxylic acids is 1. The molecule has 1 saturated heterocycles. The predicted octanol–water partition coefficient (Wildman–Crippen LogP) is 1.40. The van der Waals surface area contributed by atoms with E-state index in [-0.39, 0.29) is 5.91 Å². The Hall–Kier alpha value is -2.11. The minimum atomic E-state index is 0.180. The van der Waals surface area contributed by atoms with E-state index in [2.05, 4.69) is 22.1 Å². The van der Waals surface area contributed by atoms with Gasteiger partial charge < -0.3 is 9.47 Å². The Balaban J connectivity index is 1.57. The zero-order valence-corrected chi connectivity index (χ0v) is 12.3. The van der Waals surface area contributed by atoms with E-state index >= 15 is 0 Å². The number of aryl methyl sites for hydroxylation is 1. The van der Waals surface area contributed by atoms with E-state index in [0.717, 1.165) is 25.9 Å². The maximum absolute atomic E-state index is 12.3. The molecule has 0 saturated carbocycles. The number of nitrogens with one attached hydrogen (secondary N) is 1. The van der Waals surface area contributed by atoms with Gasteiger partial charge in [0.15, 0.2) is 0 Å². The molecule has 3 rings (SSSR count). The fourth-order valence-corrected chi connectivity index (χ4v) is 2.96. The van der Waals surface area contributed by atoms with Gasteiger partial charge in [-0.25, -0.2) is 4.98 Å². The highest BCUT2D eigenvalue weighted by Gasteiger charge is 2.24. The zero-order chi connectivity index (χ0) is 14.7. The van der Waals surface area contributed by atoms with Gasteiger partial charge in [-0.15, -0.1) is 0 Å². The maximum atomic E-state index is 12.3. The summed E-state index contributed by atoms with van der Waals surface area (Å²) in [5.41, 5.74) is 2.40. The summed E-state index contributed by atoms with van der Waals surface area (Å²) in [6, 6.07) is 0. The molecule has 112 valence electrons. The minimum Gasteiger partial charge on any atom is -0.341 e. The number of amides is 1. The number of hydrogen-bond donors (Lipinski definition) is 1. The average Bonchev–Trinajstić information content (AvgIpc) is 3.12. The molecule has 1 fully saturated rings. The molecular formula is C15H21N5O. The Morgan fingerprint density at radius 2 is 2.43 bits per heavy atom. The van der Waals surface area contributed by atoms with Crippen LogP contribution in [-0.2, 0) is 17.8 Å². The highest BCUT2D eigenvalue weighted by atomic mass is 16.2. The highest BCUT2D eigenvalue weighted by molar-refractivity contribution is 5.76. The number of piperidine rings is 1. The summed E-state index contributed by atoms with van der Waals surface area (Å²) in [5, 5.41) is 7.14. The van der Waals surface area contributed by atoms with Gasteiger partial charge in [0.2, 0.25) is 5.91 Å². The molecule has 0 aromatic carbocycles. The molecule has 0 unspecified atom stereocenters. The van der Waals surface area contributed by atoms with Gasteiger partial charge in [0.1, 0.15) is 6.54 Å². The first-order chi connectivity index (χ1) is 10.2. The first-order valence-electron chi connectivity index (χ1n) is 7.44. The molecule has 6 heteroatoms. The fourth-order valence-electron chi connectivity index (χ4n) is 2.96. The van der Waals surface area contributed by atoms with Crippen molar-refractivity contribution in [1.29, 1.82) is 0 Å². The van der Waals surface area contributed by atoms with Gasteiger partial charge >= 0.3 is 0 Å². The van der Waals surface area contributed by atoms with Crippen LogP contribution in [0, 0.1) is 12.8 Å². The van der Waals surface area contributed by atoms with Crippen LogP contribution in [0.15, 0.2) is 24.9 Å². The molecule has 0 spiro atoms. The Morgan fingerprint density at radius 3 is 3.14 bits per heavy atom. The van der Waals surface area contributed by atoms with Gasteiger partial charge in [-0.1, -0.05) is 0 Å². The van der Waals surface area contributed by atoms with Crippen molar-refractivity contribution >= 4 is 5.91 Å². The van der Waals surface area contributed by atoms with Crippen molar-refractivity contribution in [3.8, 4) is 0 Å². The standard InChI is InChI=1S/C15H21N5O/c1-12-8-17-18-14(12)7-13-3-2-5-20(9-13)15(21)10-19-6-4-16-11-19/h4,6,8,11,13H,2-3,5,7,9-10H2,1H3,(H,17,18)/t13-/m0/s1. The Kier molecular flexibility index (Phi) is 4.03. The minimum absolute atomic E-state index is 0.180. The van der Waals surface area contributed by atoms with Crippen LogP contribution in [0.4, 0.5) is 0 Å². The van der Waals surface area contributed by atoms with Gasteiger partial charge in [0.25, 0.3) is 0 Å². The molecule has 1 N–H and O–H groups in total. The van der Waals surface area contributed by atoms with Gasteiger partial charge in [-0.3, -0.25) is 9.89 Å². The summed E-state index contributed by atoms with van der Waals surface area (Å²) in [7, 11) is 0. The first kappa shape index (κ1) is 13.9. The summed E-state index contributed by atoms with van der Waals surface area (Å²) >= 11 is 0. The lowest BCUT2D eigenvalue weighted by molar-refractivity contribution is -0.133. The number of hydrogen-bond acceptors (Lipinski definition) is 3. The molecule has 2 aromatic heterocycles. The van der Waals surface area contributed by atoms with Crippen LogP contribution in [0.5, 0.6) is 0 Å². The Morgan fingerprint density at radius 1 is 1.52 bits per heavy atom. The maximum Gasteiger partial charge on any atom is 0.242 e. The number of nitrogens with zero attached hydrogens (tertiary/aromatic N) is 4. The Labute approximate surface area is 124 Å². The van der Waals surface area contributed by atoms with Crippen molar-refractivity contribution in [3.05, 3.63) is 36.2 Å². The third kappa shape index (κ3) is 3.32. The molecule has 0 radical (unpaired) electrons. The molecule has 1 aliphatic rings. The topological polar surface area (TPSA) is 66.8 Å². The molecule has 1 aliphatic heterocycles. The molecule has 0 bridgehead atoms. The molecule has 0 aliphatic carbocycles. The monoisotopic (exact) mass is 287 g/mol. The Bertz CT molecular complexity index is 589. The average molecular weight is 287 g/mol. The summed E-state index contributed by atoms with van der Waals surface area (Å²) < 4.78 is 1.82. The van der Waals surface area contributed by atoms with Crippen LogP contribution in [0.2, 0.25) is 0 Å². The molecule has 3 heterocycles. The molecule has 21 heavy (non-hydrogen) atoms. The molecule has 6 nitrogen and oxygen atoms in total. The SMILES string of the molecule is Cc1cn[nH]c1C[C@@H]1CCCN(C(=O)Cn2ccnc2)C1. The third-order valence-electron chi connectivity index (χ3n) is 4.18. The molecule has 1 amide bonds. The summed E-state index contributed by atoms with van der Waals surface area (Å²) in [6.45, 7) is 4.16. The number of likely N-dealkylation sites (tertiary alicyclic amines) is 1. The van der Waals surface area contributed by atoms with Crippen LogP contribution >= 0.6 is 0 Å². The smallest absolute Gasteiger partial charge is 0.242 e. The van der Waals surface area contributed by atoms with E-state index in [9.17, 15) is 4.79 Å². The largest absolute Gasteiger partial charge is 0.341 e. The molecule has 2 aromatic rings. The number of carbonyl (C=O) groups is 1. The fraction of sp³-hybridized carbons (Fsp3) is 0.533. The third-order valence-corrected chi connectivity index (χ3v) is 4.18. The lowest BCUT2D eigenvalue weighted by Gasteiger charge is -2.32. The summed E-state index contributed by atoms with van der Waals surface area (Å²) in [4.78, 5) is 18.3. The van der Waals surface area contributed by atoms with Crippen LogP contribution in [0.25, 0.3) is 0 Å². The van der Waals surface area contributed by atoms with E-state index in [4.69, 9.17) is 0 Å². The predicted molar refractivity (Wildman–Crippen MR) is 78.6 cm³/mol. The van der Waals surface area contributed by atoms with Crippen molar-refractivity contribution in [1.82, 2.24) is 24.6 Å². The van der Waals surface area contributed by atoms with Crippen LogP contribution in [0.1, 0.15) is 24.1 Å². The van der Waals surface area contributed by atoms with Gasteiger partial charge in [0, 0.05) is 31.2 Å². The van der Waals surface area contributed by atoms with E-state index in [1.54, 1.807) is 12.5 Å². The van der Waals surface area contributed by atoms with Crippen molar-refractivity contribution in [2.75, 3.05) is 13.1 Å². The number of aromatic amines is 1. The number of H-pyrrole nitrogens is 1. The normalized spacial score (nSPS) is 18.9. The number of aromatic nitrogens is 4. The second-order valence-electron chi connectivity index (χ2n) is 5.82. The lowest BCUT2D eigenvalue weighted by Crippen LogP contribution is -2.42. The molecule has 1 atom stereocenters. The number of rotatable bonds is 4. The molecular weight excluding hydrogens is 266 g/mol. The highest BCUT2D eigenvalue weighted by Crippen LogP contribution is 2.21. The van der Waals surface area contributed by atoms with E-state index in [0.29, 0.717) is 12.5 Å². The zero-order valence-electron chi connectivity index (χ0n) is 12.3. The van der Waals surface area contributed by atoms with E-state index < -0.39 is 0 Å². The summed E-state index contributed by atoms with van der Waals surface area (Å²) in [5.74, 6) is 0.698. The van der Waals surface area contributed by atoms with Crippen LogP contribution in [0.3, 0.4) is 0 Å². The first-order valence-corrected chi connectivity index (χ1v) is 7.44. The van der Waals surface area contributed by atoms with Crippen molar-refractivity contribution in [2.24, 2.45) is 5.92 Å². The quantitative estimate of drug-likeness (QED) is 0.924. The second-order valence-corrected chi connectivity index (χ2v) is 5.82. The number of imidazole rings is 1. The van der Waals surface area contributed by atoms with Crippen molar-refractivity contribution in [2.45, 2.75) is 32.7 Å². The lowest BCUT2D eigenvalue weighted by atomic mass is 9.92. The van der Waals surface area contributed by atoms with Gasteiger partial charge in [-0.05, 0) is 37.7 Å². The summed E-state index contributed by atoms with van der Waals surface area (Å²) in [6.07, 6.45) is 10.3.